The fourth-order valence-corrected chi connectivity index (χ4v) is 4.31. The average molecular weight is 415 g/mol. The molecule has 7 nitrogen and oxygen atoms in total. The Hall–Kier alpha value is -2.61. The first kappa shape index (κ1) is 17.5. The van der Waals surface area contributed by atoms with Gasteiger partial charge >= 0.3 is 0 Å². The van der Waals surface area contributed by atoms with E-state index >= 15 is 0 Å². The summed E-state index contributed by atoms with van der Waals surface area (Å²) in [7, 11) is 0. The monoisotopic (exact) mass is 414 g/mol. The van der Waals surface area contributed by atoms with Crippen LogP contribution in [0.5, 0.6) is 0 Å². The molecule has 0 saturated carbocycles. The lowest BCUT2D eigenvalue weighted by atomic mass is 9.87. The van der Waals surface area contributed by atoms with E-state index in [2.05, 4.69) is 25.8 Å². The van der Waals surface area contributed by atoms with Gasteiger partial charge in [0.05, 0.1) is 11.6 Å². The smallest absolute Gasteiger partial charge is 0.154 e. The Morgan fingerprint density at radius 2 is 1.96 bits per heavy atom. The highest BCUT2D eigenvalue weighted by Crippen LogP contribution is 2.48. The molecule has 2 aromatic heterocycles. The van der Waals surface area contributed by atoms with E-state index in [1.807, 2.05) is 31.2 Å². The van der Waals surface area contributed by atoms with Crippen LogP contribution in [0.15, 0.2) is 42.5 Å². The van der Waals surface area contributed by atoms with Gasteiger partial charge in [0.25, 0.3) is 0 Å². The Balaban J connectivity index is 1.74. The minimum Gasteiger partial charge on any atom is -0.386 e. The third-order valence-corrected chi connectivity index (χ3v) is 5.78. The lowest BCUT2D eigenvalue weighted by Gasteiger charge is -2.37. The normalized spacial score (nSPS) is 21.5. The Labute approximate surface area is 170 Å². The maximum Gasteiger partial charge on any atom is 0.154 e. The number of aryl methyl sites for hydroxylation is 1. The summed E-state index contributed by atoms with van der Waals surface area (Å²) in [5.74, 6) is 0.590. The van der Waals surface area contributed by atoms with Crippen molar-refractivity contribution in [3.63, 3.8) is 0 Å². The van der Waals surface area contributed by atoms with Crippen LogP contribution in [0.25, 0.3) is 11.0 Å². The number of nitrogens with zero attached hydrogens (tertiary/aromatic N) is 4. The molecule has 1 aliphatic rings. The molecule has 3 N–H and O–H groups in total. The number of halogens is 2. The van der Waals surface area contributed by atoms with E-state index in [-0.39, 0.29) is 0 Å². The number of rotatable bonds is 2. The van der Waals surface area contributed by atoms with Crippen molar-refractivity contribution >= 4 is 40.1 Å². The van der Waals surface area contributed by atoms with Gasteiger partial charge in [-0.05, 0) is 42.8 Å². The number of benzene rings is 2. The van der Waals surface area contributed by atoms with Crippen molar-refractivity contribution in [1.29, 1.82) is 0 Å². The van der Waals surface area contributed by atoms with Crippen LogP contribution in [-0.2, 0) is 0 Å². The number of hydrogen-bond acceptors (Lipinski definition) is 5. The van der Waals surface area contributed by atoms with Gasteiger partial charge in [0.1, 0.15) is 17.7 Å². The largest absolute Gasteiger partial charge is 0.386 e. The van der Waals surface area contributed by atoms with Crippen LogP contribution in [0.1, 0.15) is 35.0 Å². The van der Waals surface area contributed by atoms with Crippen LogP contribution in [0, 0.1) is 6.92 Å². The molecule has 0 saturated heterocycles. The van der Waals surface area contributed by atoms with Gasteiger partial charge in [-0.2, -0.15) is 5.10 Å². The summed E-state index contributed by atoms with van der Waals surface area (Å²) in [6.45, 7) is 1.87. The Bertz CT molecular complexity index is 1190. The summed E-state index contributed by atoms with van der Waals surface area (Å²) < 4.78 is 1.74. The van der Waals surface area contributed by atoms with Gasteiger partial charge in [0, 0.05) is 21.3 Å². The van der Waals surface area contributed by atoms with Gasteiger partial charge in [0.15, 0.2) is 5.82 Å². The summed E-state index contributed by atoms with van der Waals surface area (Å²) in [4.78, 5) is 0. The number of para-hydroxylation sites is 1. The number of fused-ring (bicyclic) bond motifs is 2. The molecule has 1 aliphatic heterocycles. The van der Waals surface area contributed by atoms with Crippen molar-refractivity contribution in [1.82, 2.24) is 25.2 Å². The van der Waals surface area contributed by atoms with Crippen LogP contribution in [0.3, 0.4) is 0 Å². The maximum atomic E-state index is 11.3. The third kappa shape index (κ3) is 2.58. The average Bonchev–Trinajstić information content (AvgIpc) is 3.27. The first-order valence-electron chi connectivity index (χ1n) is 8.79. The Kier molecular flexibility index (Phi) is 4.04. The van der Waals surface area contributed by atoms with Crippen LogP contribution in [0.2, 0.25) is 10.0 Å². The van der Waals surface area contributed by atoms with Gasteiger partial charge in [0.2, 0.25) is 0 Å². The molecule has 0 bridgehead atoms. The lowest BCUT2D eigenvalue weighted by molar-refractivity contribution is 0.0901. The second-order valence-electron chi connectivity index (χ2n) is 6.86. The van der Waals surface area contributed by atoms with Gasteiger partial charge in [-0.15, -0.1) is 5.10 Å². The molecule has 0 radical (unpaired) electrons. The molecule has 0 spiro atoms. The molecule has 0 amide bonds. The van der Waals surface area contributed by atoms with E-state index in [4.69, 9.17) is 23.2 Å². The second-order valence-corrected chi connectivity index (χ2v) is 7.70. The van der Waals surface area contributed by atoms with Crippen molar-refractivity contribution in [3.8, 4) is 0 Å². The van der Waals surface area contributed by atoms with Crippen LogP contribution >= 0.6 is 23.2 Å². The van der Waals surface area contributed by atoms with E-state index in [0.29, 0.717) is 21.4 Å². The zero-order chi connectivity index (χ0) is 19.4. The molecular weight excluding hydrogens is 399 g/mol. The van der Waals surface area contributed by atoms with E-state index in [1.54, 1.807) is 22.9 Å². The minimum atomic E-state index is -0.875. The number of hydrogen-bond donors (Lipinski definition) is 3. The van der Waals surface area contributed by atoms with Crippen LogP contribution in [0.4, 0.5) is 5.82 Å². The summed E-state index contributed by atoms with van der Waals surface area (Å²) in [5.41, 5.74) is 3.82. The molecule has 3 heterocycles. The molecule has 28 heavy (non-hydrogen) atoms. The first-order chi connectivity index (χ1) is 13.5. The second kappa shape index (κ2) is 6.48. The standard InChI is InChI=1S/C19H16Cl2N6O/c1-9-15-18(28)17(27-14-5-3-2-4-13(14)24-26-27)16(22-19(15)25-23-9)11-8-10(20)6-7-12(11)21/h2-8,16-18,28H,1H3,(H2,22,23,25)/t16-,17-,18-/m1/s1. The Morgan fingerprint density at radius 3 is 2.82 bits per heavy atom. The molecule has 0 fully saturated rings. The highest BCUT2D eigenvalue weighted by molar-refractivity contribution is 6.33. The van der Waals surface area contributed by atoms with E-state index in [9.17, 15) is 5.11 Å². The van der Waals surface area contributed by atoms with E-state index in [1.165, 1.54) is 0 Å². The van der Waals surface area contributed by atoms with E-state index in [0.717, 1.165) is 22.3 Å². The maximum absolute atomic E-state index is 11.3. The fourth-order valence-electron chi connectivity index (χ4n) is 3.89. The number of anilines is 1. The number of aliphatic hydroxyl groups excluding tert-OH is 1. The van der Waals surface area contributed by atoms with E-state index < -0.39 is 18.2 Å². The van der Waals surface area contributed by atoms with Crippen LogP contribution in [-0.4, -0.2) is 30.3 Å². The quantitative estimate of drug-likeness (QED) is 0.456. The van der Waals surface area contributed by atoms with Crippen molar-refractivity contribution < 1.29 is 5.11 Å². The number of aliphatic hydroxyl groups is 1. The number of H-pyrrole nitrogens is 1. The predicted octanol–water partition coefficient (Wildman–Crippen LogP) is 4.21. The molecule has 3 atom stereocenters. The molecule has 2 aromatic carbocycles. The summed E-state index contributed by atoms with van der Waals surface area (Å²) in [6.07, 6.45) is -0.875. The highest BCUT2D eigenvalue weighted by atomic mass is 35.5. The zero-order valence-corrected chi connectivity index (χ0v) is 16.3. The summed E-state index contributed by atoms with van der Waals surface area (Å²) >= 11 is 12.7. The fraction of sp³-hybridized carbons (Fsp3) is 0.211. The Morgan fingerprint density at radius 1 is 1.14 bits per heavy atom. The molecule has 0 aliphatic carbocycles. The third-order valence-electron chi connectivity index (χ3n) is 5.20. The summed E-state index contributed by atoms with van der Waals surface area (Å²) in [5, 5.41) is 31.7. The van der Waals surface area contributed by atoms with Crippen molar-refractivity contribution in [2.24, 2.45) is 0 Å². The SMILES string of the molecule is Cc1[nH]nc2c1[C@@H](O)[C@H](n1nnc3ccccc31)[C@@H](c1cc(Cl)ccc1Cl)N2. The zero-order valence-electron chi connectivity index (χ0n) is 14.8. The molecule has 142 valence electrons. The summed E-state index contributed by atoms with van der Waals surface area (Å²) in [6, 6.07) is 12.0. The molecule has 4 aromatic rings. The number of nitrogens with one attached hydrogen (secondary N) is 2. The van der Waals surface area contributed by atoms with Gasteiger partial charge in [-0.25, -0.2) is 4.68 Å². The highest BCUT2D eigenvalue weighted by Gasteiger charge is 2.42. The van der Waals surface area contributed by atoms with Gasteiger partial charge < -0.3 is 10.4 Å². The van der Waals surface area contributed by atoms with Crippen molar-refractivity contribution in [2.45, 2.75) is 25.1 Å². The van der Waals surface area contributed by atoms with Crippen LogP contribution < -0.4 is 5.32 Å². The van der Waals surface area contributed by atoms with Crippen molar-refractivity contribution in [2.75, 3.05) is 5.32 Å². The van der Waals surface area contributed by atoms with Gasteiger partial charge in [-0.3, -0.25) is 5.10 Å². The minimum absolute atomic E-state index is 0.415. The topological polar surface area (TPSA) is 91.6 Å². The predicted molar refractivity (Wildman–Crippen MR) is 108 cm³/mol. The number of aromatic nitrogens is 5. The molecule has 9 heteroatoms. The van der Waals surface area contributed by atoms with Gasteiger partial charge in [-0.1, -0.05) is 40.5 Å². The molecule has 5 rings (SSSR count). The lowest BCUT2D eigenvalue weighted by Crippen LogP contribution is -2.34. The van der Waals surface area contributed by atoms with Crippen molar-refractivity contribution in [3.05, 3.63) is 69.3 Å². The molecule has 0 unspecified atom stereocenters. The first-order valence-corrected chi connectivity index (χ1v) is 9.54. The molecular formula is C19H16Cl2N6O. The number of aromatic amines is 1.